The van der Waals surface area contributed by atoms with E-state index in [9.17, 15) is 0 Å². The Labute approximate surface area is 202 Å². The SMILES string of the molecule is CCCCC1(C)C(CC)C=CCC2C1CCC1(C)C(C(C)CCCC(C)C)CCCCC21. The number of hydrogen-bond acceptors (Lipinski definition) is 0. The maximum atomic E-state index is 2.78. The third-order valence-corrected chi connectivity index (χ3v) is 11.1. The molecule has 2 saturated carbocycles. The largest absolute Gasteiger partial charge is 0.0879 e. The van der Waals surface area contributed by atoms with E-state index >= 15 is 0 Å². The lowest BCUT2D eigenvalue weighted by Crippen LogP contribution is -2.51. The monoisotopic (exact) mass is 442 g/mol. The van der Waals surface area contributed by atoms with Gasteiger partial charge in [-0.15, -0.1) is 0 Å². The third-order valence-electron chi connectivity index (χ3n) is 11.1. The van der Waals surface area contributed by atoms with Gasteiger partial charge in [0.05, 0.1) is 0 Å². The number of hydrogen-bond donors (Lipinski definition) is 0. The summed E-state index contributed by atoms with van der Waals surface area (Å²) >= 11 is 0. The molecule has 0 nitrogen and oxygen atoms in total. The number of unbranched alkanes of at least 4 members (excludes halogenated alkanes) is 1. The van der Waals surface area contributed by atoms with E-state index in [1.54, 1.807) is 0 Å². The fourth-order valence-corrected chi connectivity index (χ4v) is 9.25. The summed E-state index contributed by atoms with van der Waals surface area (Å²) in [5.74, 6) is 6.37. The maximum absolute atomic E-state index is 2.78. The predicted molar refractivity (Wildman–Crippen MR) is 143 cm³/mol. The summed E-state index contributed by atoms with van der Waals surface area (Å²) in [5, 5.41) is 0. The molecule has 0 amide bonds. The highest BCUT2D eigenvalue weighted by molar-refractivity contribution is 5.11. The second-order valence-electron chi connectivity index (χ2n) is 13.4. The van der Waals surface area contributed by atoms with E-state index < -0.39 is 0 Å². The van der Waals surface area contributed by atoms with Gasteiger partial charge in [0.15, 0.2) is 0 Å². The van der Waals surface area contributed by atoms with Crippen molar-refractivity contribution in [3.8, 4) is 0 Å². The molecule has 0 aromatic rings. The van der Waals surface area contributed by atoms with Gasteiger partial charge in [-0.3, -0.25) is 0 Å². The van der Waals surface area contributed by atoms with E-state index in [1.165, 1.54) is 89.9 Å². The summed E-state index contributed by atoms with van der Waals surface area (Å²) in [6.07, 6.45) is 25.6. The van der Waals surface area contributed by atoms with Crippen molar-refractivity contribution in [1.82, 2.24) is 0 Å². The lowest BCUT2D eigenvalue weighted by Gasteiger charge is -2.58. The fourth-order valence-electron chi connectivity index (χ4n) is 9.25. The standard InChI is InChI=1S/C32H58/c1-8-10-22-31(6)26(9-2)17-14-18-27-29-20-12-11-19-28(25(5)16-13-15-24(3)4)32(29,7)23-21-30(27)31/h14,17,24-30H,8-13,15-16,18-23H2,1-7H3. The molecule has 3 aliphatic carbocycles. The van der Waals surface area contributed by atoms with Crippen molar-refractivity contribution < 1.29 is 0 Å². The highest BCUT2D eigenvalue weighted by atomic mass is 14.6. The van der Waals surface area contributed by atoms with Gasteiger partial charge in [0.25, 0.3) is 0 Å². The minimum atomic E-state index is 0.522. The highest BCUT2D eigenvalue weighted by Gasteiger charge is 2.55. The van der Waals surface area contributed by atoms with Crippen LogP contribution in [0.15, 0.2) is 12.2 Å². The lowest BCUT2D eigenvalue weighted by atomic mass is 9.47. The second-order valence-corrected chi connectivity index (χ2v) is 13.4. The molecular weight excluding hydrogens is 384 g/mol. The molecule has 186 valence electrons. The summed E-state index contributed by atoms with van der Waals surface area (Å²) in [4.78, 5) is 0. The van der Waals surface area contributed by atoms with E-state index in [4.69, 9.17) is 0 Å². The van der Waals surface area contributed by atoms with Gasteiger partial charge in [-0.25, -0.2) is 0 Å². The van der Waals surface area contributed by atoms with Crippen LogP contribution in [-0.4, -0.2) is 0 Å². The zero-order chi connectivity index (χ0) is 23.4. The van der Waals surface area contributed by atoms with Gasteiger partial charge >= 0.3 is 0 Å². The minimum absolute atomic E-state index is 0.522. The first kappa shape index (κ1) is 26.3. The first-order chi connectivity index (χ1) is 15.3. The Morgan fingerprint density at radius 3 is 2.34 bits per heavy atom. The van der Waals surface area contributed by atoms with Crippen LogP contribution in [0.2, 0.25) is 0 Å². The molecule has 32 heavy (non-hydrogen) atoms. The van der Waals surface area contributed by atoms with Crippen LogP contribution in [0.4, 0.5) is 0 Å². The normalized spacial score (nSPS) is 40.9. The lowest BCUT2D eigenvalue weighted by molar-refractivity contribution is -0.0884. The van der Waals surface area contributed by atoms with Crippen LogP contribution < -0.4 is 0 Å². The van der Waals surface area contributed by atoms with Gasteiger partial charge in [-0.05, 0) is 97.2 Å². The van der Waals surface area contributed by atoms with E-state index in [0.717, 1.165) is 41.4 Å². The van der Waals surface area contributed by atoms with Gasteiger partial charge in [-0.1, -0.05) is 106 Å². The first-order valence-electron chi connectivity index (χ1n) is 14.9. The molecule has 0 aromatic carbocycles. The second kappa shape index (κ2) is 11.4. The van der Waals surface area contributed by atoms with Crippen LogP contribution in [0.3, 0.4) is 0 Å². The van der Waals surface area contributed by atoms with Gasteiger partial charge < -0.3 is 0 Å². The summed E-state index contributed by atoms with van der Waals surface area (Å²) in [6.45, 7) is 17.8. The molecule has 0 heterocycles. The Morgan fingerprint density at radius 2 is 1.66 bits per heavy atom. The van der Waals surface area contributed by atoms with Crippen LogP contribution in [-0.2, 0) is 0 Å². The Hall–Kier alpha value is -0.260. The number of rotatable bonds is 9. The Balaban J connectivity index is 1.86. The molecule has 2 fully saturated rings. The number of allylic oxidation sites excluding steroid dienone is 2. The molecule has 0 spiro atoms. The van der Waals surface area contributed by atoms with E-state index in [-0.39, 0.29) is 0 Å². The molecule has 0 radical (unpaired) electrons. The summed E-state index contributed by atoms with van der Waals surface area (Å²) in [7, 11) is 0. The van der Waals surface area contributed by atoms with Crippen LogP contribution in [0.5, 0.6) is 0 Å². The summed E-state index contributed by atoms with van der Waals surface area (Å²) in [5.41, 5.74) is 1.11. The number of fused-ring (bicyclic) bond motifs is 3. The van der Waals surface area contributed by atoms with Gasteiger partial charge in [0.1, 0.15) is 0 Å². The van der Waals surface area contributed by atoms with Crippen LogP contribution in [0.1, 0.15) is 138 Å². The maximum Gasteiger partial charge on any atom is -0.0179 e. The zero-order valence-corrected chi connectivity index (χ0v) is 23.1. The Morgan fingerprint density at radius 1 is 0.906 bits per heavy atom. The van der Waals surface area contributed by atoms with Crippen LogP contribution in [0, 0.1) is 52.3 Å². The van der Waals surface area contributed by atoms with Crippen LogP contribution >= 0.6 is 0 Å². The van der Waals surface area contributed by atoms with Crippen molar-refractivity contribution in [1.29, 1.82) is 0 Å². The van der Waals surface area contributed by atoms with Crippen molar-refractivity contribution in [3.63, 3.8) is 0 Å². The molecule has 0 N–H and O–H groups in total. The topological polar surface area (TPSA) is 0 Å². The molecule has 0 saturated heterocycles. The van der Waals surface area contributed by atoms with Crippen molar-refractivity contribution in [3.05, 3.63) is 12.2 Å². The average Bonchev–Trinajstić information content (AvgIpc) is 3.01. The third kappa shape index (κ3) is 5.35. The Bertz CT molecular complexity index is 587. The van der Waals surface area contributed by atoms with Gasteiger partial charge in [0.2, 0.25) is 0 Å². The summed E-state index contributed by atoms with van der Waals surface area (Å²) < 4.78 is 0. The van der Waals surface area contributed by atoms with E-state index in [2.05, 4.69) is 60.6 Å². The quantitative estimate of drug-likeness (QED) is 0.311. The molecule has 0 aromatic heterocycles. The smallest absolute Gasteiger partial charge is 0.0179 e. The summed E-state index contributed by atoms with van der Waals surface area (Å²) in [6, 6.07) is 0. The highest BCUT2D eigenvalue weighted by Crippen LogP contribution is 2.64. The molecule has 0 bridgehead atoms. The molecule has 0 heteroatoms. The van der Waals surface area contributed by atoms with Crippen molar-refractivity contribution in [2.24, 2.45) is 52.3 Å². The first-order valence-corrected chi connectivity index (χ1v) is 14.9. The van der Waals surface area contributed by atoms with Crippen LogP contribution in [0.25, 0.3) is 0 Å². The fraction of sp³-hybridized carbons (Fsp3) is 0.938. The Kier molecular flexibility index (Phi) is 9.42. The van der Waals surface area contributed by atoms with Gasteiger partial charge in [-0.2, -0.15) is 0 Å². The van der Waals surface area contributed by atoms with Crippen molar-refractivity contribution >= 4 is 0 Å². The minimum Gasteiger partial charge on any atom is -0.0879 e. The molecule has 8 atom stereocenters. The van der Waals surface area contributed by atoms with Crippen molar-refractivity contribution in [2.75, 3.05) is 0 Å². The van der Waals surface area contributed by atoms with E-state index in [0.29, 0.717) is 10.8 Å². The molecule has 8 unspecified atom stereocenters. The van der Waals surface area contributed by atoms with Crippen molar-refractivity contribution in [2.45, 2.75) is 138 Å². The molecule has 3 aliphatic rings. The zero-order valence-electron chi connectivity index (χ0n) is 23.1. The van der Waals surface area contributed by atoms with Gasteiger partial charge in [0, 0.05) is 0 Å². The molecule has 0 aliphatic heterocycles. The molecular formula is C32H58. The molecule has 3 rings (SSSR count). The predicted octanol–water partition coefficient (Wildman–Crippen LogP) is 10.5. The average molecular weight is 443 g/mol. The van der Waals surface area contributed by atoms with E-state index in [1.807, 2.05) is 0 Å².